The molecule has 28 heavy (non-hydrogen) atoms. The summed E-state index contributed by atoms with van der Waals surface area (Å²) >= 11 is 0. The molecule has 0 spiro atoms. The molecule has 0 aliphatic heterocycles. The molecule has 0 heterocycles. The third-order valence-electron chi connectivity index (χ3n) is 3.61. The lowest BCUT2D eigenvalue weighted by molar-refractivity contribution is -0.119. The molecule has 0 unspecified atom stereocenters. The van der Waals surface area contributed by atoms with Crippen molar-refractivity contribution in [3.63, 3.8) is 0 Å². The summed E-state index contributed by atoms with van der Waals surface area (Å²) in [7, 11) is 0. The van der Waals surface area contributed by atoms with E-state index in [0.717, 1.165) is 5.56 Å². The summed E-state index contributed by atoms with van der Waals surface area (Å²) in [5, 5.41) is 7.91. The van der Waals surface area contributed by atoms with Crippen molar-refractivity contribution in [3.05, 3.63) is 53.8 Å². The highest BCUT2D eigenvalue weighted by atomic mass is 19.3. The largest absolute Gasteiger partial charge is 0.435 e. The molecule has 0 aromatic heterocycles. The molecule has 2 rings (SSSR count). The van der Waals surface area contributed by atoms with Crippen LogP contribution in [0.4, 0.5) is 24.5 Å². The van der Waals surface area contributed by atoms with E-state index in [2.05, 4.69) is 20.7 Å². The molecule has 0 aliphatic carbocycles. The van der Waals surface area contributed by atoms with Crippen LogP contribution in [0, 0.1) is 5.82 Å². The number of carbonyl (C=O) groups is 2. The Bertz CT molecular complexity index is 814. The smallest absolute Gasteiger partial charge is 0.387 e. The lowest BCUT2D eigenvalue weighted by Gasteiger charge is -2.10. The molecular formula is C19H20F3N3O3. The second-order valence-electron chi connectivity index (χ2n) is 5.85. The number of hydrogen-bond donors (Lipinski definition) is 3. The maximum absolute atomic E-state index is 13.6. The summed E-state index contributed by atoms with van der Waals surface area (Å²) in [6, 6.07) is 10.2. The second-order valence-corrected chi connectivity index (χ2v) is 5.85. The SMILES string of the molecule is CC(=O)Nc1cc(NCC(=O)NCCc2ccc(OC(F)F)cc2)ccc1F. The maximum Gasteiger partial charge on any atom is 0.387 e. The highest BCUT2D eigenvalue weighted by Gasteiger charge is 2.07. The molecule has 0 radical (unpaired) electrons. The third-order valence-corrected chi connectivity index (χ3v) is 3.61. The first-order valence-electron chi connectivity index (χ1n) is 8.45. The lowest BCUT2D eigenvalue weighted by Crippen LogP contribution is -2.31. The molecule has 0 atom stereocenters. The summed E-state index contributed by atoms with van der Waals surface area (Å²) < 4.78 is 42.0. The third kappa shape index (κ3) is 7.18. The first kappa shape index (κ1) is 21.1. The Morgan fingerprint density at radius 2 is 1.82 bits per heavy atom. The Hall–Kier alpha value is -3.23. The summed E-state index contributed by atoms with van der Waals surface area (Å²) in [4.78, 5) is 22.9. The average Bonchev–Trinajstić information content (AvgIpc) is 2.63. The predicted octanol–water partition coefficient (Wildman–Crippen LogP) is 3.16. The number of nitrogens with one attached hydrogen (secondary N) is 3. The standard InChI is InChI=1S/C19H20F3N3O3/c1-12(26)25-17-10-14(4-7-16(17)20)24-11-18(27)23-9-8-13-2-5-15(6-3-13)28-19(21)22/h2-7,10,19,24H,8-9,11H2,1H3,(H,23,27)(H,25,26). The molecule has 2 aromatic carbocycles. The number of carbonyl (C=O) groups excluding carboxylic acids is 2. The number of hydrogen-bond acceptors (Lipinski definition) is 4. The zero-order valence-corrected chi connectivity index (χ0v) is 15.1. The second kappa shape index (κ2) is 10.2. The van der Waals surface area contributed by atoms with Crippen LogP contribution in [-0.2, 0) is 16.0 Å². The van der Waals surface area contributed by atoms with E-state index >= 15 is 0 Å². The van der Waals surface area contributed by atoms with Crippen molar-refractivity contribution in [1.29, 1.82) is 0 Å². The molecule has 0 saturated heterocycles. The monoisotopic (exact) mass is 395 g/mol. The quantitative estimate of drug-likeness (QED) is 0.610. The molecule has 150 valence electrons. The molecule has 0 fully saturated rings. The van der Waals surface area contributed by atoms with Gasteiger partial charge >= 0.3 is 6.61 Å². The fraction of sp³-hybridized carbons (Fsp3) is 0.263. The number of rotatable bonds is 9. The Balaban J connectivity index is 1.75. The number of amides is 2. The fourth-order valence-electron chi connectivity index (χ4n) is 2.35. The van der Waals surface area contributed by atoms with Gasteiger partial charge in [-0.2, -0.15) is 8.78 Å². The Kier molecular flexibility index (Phi) is 7.67. The van der Waals surface area contributed by atoms with Crippen LogP contribution in [0.5, 0.6) is 5.75 Å². The molecule has 0 aliphatic rings. The summed E-state index contributed by atoms with van der Waals surface area (Å²) in [6.45, 7) is -1.28. The highest BCUT2D eigenvalue weighted by molar-refractivity contribution is 5.89. The van der Waals surface area contributed by atoms with Gasteiger partial charge in [0, 0.05) is 19.2 Å². The Morgan fingerprint density at radius 3 is 2.46 bits per heavy atom. The van der Waals surface area contributed by atoms with Gasteiger partial charge in [-0.05, 0) is 42.3 Å². The lowest BCUT2D eigenvalue weighted by atomic mass is 10.1. The summed E-state index contributed by atoms with van der Waals surface area (Å²) in [5.41, 5.74) is 1.36. The molecule has 0 bridgehead atoms. The number of benzene rings is 2. The van der Waals surface area contributed by atoms with Gasteiger partial charge in [-0.25, -0.2) is 4.39 Å². The molecule has 9 heteroatoms. The normalized spacial score (nSPS) is 10.5. The summed E-state index contributed by atoms with van der Waals surface area (Å²) in [5.74, 6) is -1.18. The van der Waals surface area contributed by atoms with Gasteiger partial charge in [0.1, 0.15) is 11.6 Å². The maximum atomic E-state index is 13.6. The van der Waals surface area contributed by atoms with E-state index in [1.54, 1.807) is 12.1 Å². The zero-order chi connectivity index (χ0) is 20.5. The van der Waals surface area contributed by atoms with Crippen molar-refractivity contribution in [2.24, 2.45) is 0 Å². The van der Waals surface area contributed by atoms with Crippen molar-refractivity contribution in [2.45, 2.75) is 20.0 Å². The van der Waals surface area contributed by atoms with Gasteiger partial charge in [0.2, 0.25) is 11.8 Å². The van der Waals surface area contributed by atoms with Crippen molar-refractivity contribution < 1.29 is 27.5 Å². The minimum atomic E-state index is -2.87. The zero-order valence-electron chi connectivity index (χ0n) is 15.1. The van der Waals surface area contributed by atoms with Crippen molar-refractivity contribution in [1.82, 2.24) is 5.32 Å². The van der Waals surface area contributed by atoms with Gasteiger partial charge in [0.05, 0.1) is 12.2 Å². The first-order chi connectivity index (χ1) is 13.3. The number of alkyl halides is 2. The Morgan fingerprint density at radius 1 is 1.11 bits per heavy atom. The fourth-order valence-corrected chi connectivity index (χ4v) is 2.35. The van der Waals surface area contributed by atoms with Crippen molar-refractivity contribution in [3.8, 4) is 5.75 Å². The van der Waals surface area contributed by atoms with Crippen LogP contribution in [0.25, 0.3) is 0 Å². The van der Waals surface area contributed by atoms with Crippen LogP contribution in [0.3, 0.4) is 0 Å². The predicted molar refractivity (Wildman–Crippen MR) is 99.0 cm³/mol. The van der Waals surface area contributed by atoms with Crippen molar-refractivity contribution >= 4 is 23.2 Å². The molecule has 0 saturated carbocycles. The van der Waals surface area contributed by atoms with E-state index in [1.807, 2.05) is 0 Å². The highest BCUT2D eigenvalue weighted by Crippen LogP contribution is 2.19. The minimum absolute atomic E-state index is 0.0252. The van der Waals surface area contributed by atoms with Crippen LogP contribution in [-0.4, -0.2) is 31.5 Å². The van der Waals surface area contributed by atoms with Crippen LogP contribution >= 0.6 is 0 Å². The van der Waals surface area contributed by atoms with Crippen LogP contribution in [0.2, 0.25) is 0 Å². The van der Waals surface area contributed by atoms with E-state index in [9.17, 15) is 22.8 Å². The van der Waals surface area contributed by atoms with Crippen molar-refractivity contribution in [2.75, 3.05) is 23.7 Å². The van der Waals surface area contributed by atoms with Gasteiger partial charge in [-0.15, -0.1) is 0 Å². The van der Waals surface area contributed by atoms with Crippen LogP contribution in [0.1, 0.15) is 12.5 Å². The van der Waals surface area contributed by atoms with E-state index < -0.39 is 18.3 Å². The topological polar surface area (TPSA) is 79.5 Å². The van der Waals surface area contributed by atoms with E-state index in [0.29, 0.717) is 18.7 Å². The number of ether oxygens (including phenoxy) is 1. The Labute approximate surface area is 160 Å². The van der Waals surface area contributed by atoms with Gasteiger partial charge in [-0.3, -0.25) is 9.59 Å². The van der Waals surface area contributed by atoms with Crippen LogP contribution < -0.4 is 20.7 Å². The van der Waals surface area contributed by atoms with E-state index in [-0.39, 0.29) is 23.9 Å². The summed E-state index contributed by atoms with van der Waals surface area (Å²) in [6.07, 6.45) is 0.518. The minimum Gasteiger partial charge on any atom is -0.435 e. The van der Waals surface area contributed by atoms with Gasteiger partial charge in [0.15, 0.2) is 0 Å². The molecular weight excluding hydrogens is 375 g/mol. The van der Waals surface area contributed by atoms with Crippen LogP contribution in [0.15, 0.2) is 42.5 Å². The number of anilines is 2. The molecule has 2 amide bonds. The van der Waals surface area contributed by atoms with E-state index in [1.165, 1.54) is 37.3 Å². The average molecular weight is 395 g/mol. The van der Waals surface area contributed by atoms with Gasteiger partial charge in [0.25, 0.3) is 0 Å². The van der Waals surface area contributed by atoms with E-state index in [4.69, 9.17) is 0 Å². The molecule has 6 nitrogen and oxygen atoms in total. The molecule has 3 N–H and O–H groups in total. The number of halogens is 3. The van der Waals surface area contributed by atoms with Gasteiger partial charge < -0.3 is 20.7 Å². The van der Waals surface area contributed by atoms with Gasteiger partial charge in [-0.1, -0.05) is 12.1 Å². The first-order valence-corrected chi connectivity index (χ1v) is 8.45. The molecule has 2 aromatic rings.